The van der Waals surface area contributed by atoms with Crippen molar-refractivity contribution in [2.45, 2.75) is 26.8 Å². The summed E-state index contributed by atoms with van der Waals surface area (Å²) in [6, 6.07) is 8.25. The van der Waals surface area contributed by atoms with Crippen molar-refractivity contribution in [3.8, 4) is 11.4 Å². The maximum Gasteiger partial charge on any atom is 0.141 e. The van der Waals surface area contributed by atoms with Crippen LogP contribution in [0.3, 0.4) is 0 Å². The van der Waals surface area contributed by atoms with Crippen LogP contribution >= 0.6 is 0 Å². The molecular weight excluding hydrogens is 262 g/mol. The van der Waals surface area contributed by atoms with E-state index in [0.717, 1.165) is 35.4 Å². The van der Waals surface area contributed by atoms with Gasteiger partial charge in [0, 0.05) is 31.1 Å². The van der Waals surface area contributed by atoms with Crippen molar-refractivity contribution in [3.05, 3.63) is 47.8 Å². The van der Waals surface area contributed by atoms with Crippen LogP contribution in [0, 0.1) is 13.8 Å². The molecule has 2 heterocycles. The monoisotopic (exact) mass is 281 g/mol. The summed E-state index contributed by atoms with van der Waals surface area (Å²) < 4.78 is 2.19. The summed E-state index contributed by atoms with van der Waals surface area (Å²) >= 11 is 0. The van der Waals surface area contributed by atoms with Crippen LogP contribution < -0.4 is 0 Å². The van der Waals surface area contributed by atoms with Crippen LogP contribution in [0.1, 0.15) is 17.5 Å². The average molecular weight is 281 g/mol. The van der Waals surface area contributed by atoms with E-state index in [4.69, 9.17) is 10.1 Å². The van der Waals surface area contributed by atoms with Gasteiger partial charge in [-0.05, 0) is 55.7 Å². The Morgan fingerprint density at radius 1 is 1.10 bits per heavy atom. The molecule has 0 amide bonds. The summed E-state index contributed by atoms with van der Waals surface area (Å²) in [6.45, 7) is 5.16. The number of hydrogen-bond acceptors (Lipinski definition) is 3. The normalized spacial score (nSPS) is 11.2. The summed E-state index contributed by atoms with van der Waals surface area (Å²) in [6.07, 6.45) is 4.28. The lowest BCUT2D eigenvalue weighted by Gasteiger charge is -2.09. The van der Waals surface area contributed by atoms with Gasteiger partial charge in [0.1, 0.15) is 5.82 Å². The predicted molar refractivity (Wildman–Crippen MR) is 84.1 cm³/mol. The second-order valence-corrected chi connectivity index (χ2v) is 5.33. The summed E-state index contributed by atoms with van der Waals surface area (Å²) in [5.41, 5.74) is 5.68. The van der Waals surface area contributed by atoms with Crippen molar-refractivity contribution in [2.75, 3.05) is 6.61 Å². The average Bonchev–Trinajstić information content (AvgIpc) is 2.84. The number of fused-ring (bicyclic) bond motifs is 1. The lowest BCUT2D eigenvalue weighted by Crippen LogP contribution is -2.02. The lowest BCUT2D eigenvalue weighted by molar-refractivity contribution is 0.281. The molecule has 21 heavy (non-hydrogen) atoms. The minimum Gasteiger partial charge on any atom is -0.396 e. The summed E-state index contributed by atoms with van der Waals surface area (Å²) in [4.78, 5) is 8.86. The molecule has 0 radical (unpaired) electrons. The number of aromatic nitrogens is 3. The Kier molecular flexibility index (Phi) is 3.71. The highest BCUT2D eigenvalue weighted by molar-refractivity contribution is 5.82. The Labute approximate surface area is 124 Å². The van der Waals surface area contributed by atoms with E-state index in [9.17, 15) is 0 Å². The Balaban J connectivity index is 2.22. The van der Waals surface area contributed by atoms with Crippen LogP contribution in [0.4, 0.5) is 0 Å². The van der Waals surface area contributed by atoms with Gasteiger partial charge >= 0.3 is 0 Å². The quantitative estimate of drug-likeness (QED) is 0.799. The van der Waals surface area contributed by atoms with Crippen molar-refractivity contribution in [1.82, 2.24) is 14.5 Å². The van der Waals surface area contributed by atoms with Gasteiger partial charge < -0.3 is 9.67 Å². The Bertz CT molecular complexity index is 763. The molecule has 0 atom stereocenters. The molecule has 2 aromatic heterocycles. The number of rotatable bonds is 4. The number of pyridine rings is 1. The molecular formula is C17H19N3O. The van der Waals surface area contributed by atoms with Crippen molar-refractivity contribution in [2.24, 2.45) is 0 Å². The van der Waals surface area contributed by atoms with Gasteiger partial charge in [-0.2, -0.15) is 0 Å². The summed E-state index contributed by atoms with van der Waals surface area (Å²) in [5.74, 6) is 0.936. The smallest absolute Gasteiger partial charge is 0.141 e. The highest BCUT2D eigenvalue weighted by Gasteiger charge is 2.13. The van der Waals surface area contributed by atoms with Gasteiger partial charge in [0.25, 0.3) is 0 Å². The largest absolute Gasteiger partial charge is 0.396 e. The molecule has 0 aliphatic rings. The molecule has 0 saturated heterocycles. The highest BCUT2D eigenvalue weighted by Crippen LogP contribution is 2.26. The number of aryl methyl sites for hydroxylation is 3. The summed E-state index contributed by atoms with van der Waals surface area (Å²) in [7, 11) is 0. The molecule has 0 aliphatic heterocycles. The van der Waals surface area contributed by atoms with E-state index in [2.05, 4.69) is 35.5 Å². The predicted octanol–water partition coefficient (Wildman–Crippen LogP) is 3.10. The first kappa shape index (κ1) is 13.8. The molecule has 1 N–H and O–H groups in total. The van der Waals surface area contributed by atoms with Crippen LogP contribution in [0.2, 0.25) is 0 Å². The minimum absolute atomic E-state index is 0.181. The number of aliphatic hydroxyl groups is 1. The van der Waals surface area contributed by atoms with E-state index < -0.39 is 0 Å². The number of imidazole rings is 1. The molecule has 0 fully saturated rings. The number of aliphatic hydroxyl groups excluding tert-OH is 1. The first-order valence-corrected chi connectivity index (χ1v) is 7.19. The first-order valence-electron chi connectivity index (χ1n) is 7.19. The molecule has 3 aromatic rings. The Morgan fingerprint density at radius 3 is 2.52 bits per heavy atom. The zero-order valence-corrected chi connectivity index (χ0v) is 12.4. The molecule has 4 heteroatoms. The highest BCUT2D eigenvalue weighted by atomic mass is 16.3. The van der Waals surface area contributed by atoms with E-state index in [1.54, 1.807) is 12.4 Å². The molecule has 0 saturated carbocycles. The fraction of sp³-hybridized carbons (Fsp3) is 0.294. The standard InChI is InChI=1S/C17H19N3O/c1-12-10-15-16(11-13(12)2)20(8-3-9-21)17(19-15)14-4-6-18-7-5-14/h4-7,10-11,21H,3,8-9H2,1-2H3. The van der Waals surface area contributed by atoms with Crippen LogP contribution in [-0.4, -0.2) is 26.2 Å². The van der Waals surface area contributed by atoms with Crippen LogP contribution in [0.15, 0.2) is 36.7 Å². The van der Waals surface area contributed by atoms with Gasteiger partial charge in [0.2, 0.25) is 0 Å². The van der Waals surface area contributed by atoms with Gasteiger partial charge in [0.05, 0.1) is 11.0 Å². The zero-order valence-electron chi connectivity index (χ0n) is 12.4. The zero-order chi connectivity index (χ0) is 14.8. The minimum atomic E-state index is 0.181. The van der Waals surface area contributed by atoms with Crippen molar-refractivity contribution in [1.29, 1.82) is 0 Å². The Morgan fingerprint density at radius 2 is 1.81 bits per heavy atom. The first-order chi connectivity index (χ1) is 10.2. The molecule has 1 aromatic carbocycles. The maximum atomic E-state index is 9.15. The maximum absolute atomic E-state index is 9.15. The van der Waals surface area contributed by atoms with Gasteiger partial charge in [0.15, 0.2) is 0 Å². The topological polar surface area (TPSA) is 50.9 Å². The fourth-order valence-electron chi connectivity index (χ4n) is 2.56. The molecule has 0 bridgehead atoms. The van der Waals surface area contributed by atoms with E-state index in [0.29, 0.717) is 0 Å². The second kappa shape index (κ2) is 5.66. The number of benzene rings is 1. The van der Waals surface area contributed by atoms with E-state index in [1.165, 1.54) is 11.1 Å². The molecule has 108 valence electrons. The molecule has 3 rings (SSSR count). The van der Waals surface area contributed by atoms with Gasteiger partial charge in [-0.15, -0.1) is 0 Å². The molecule has 0 aliphatic carbocycles. The molecule has 0 spiro atoms. The second-order valence-electron chi connectivity index (χ2n) is 5.33. The lowest BCUT2D eigenvalue weighted by atomic mass is 10.1. The van der Waals surface area contributed by atoms with E-state index >= 15 is 0 Å². The third-order valence-electron chi connectivity index (χ3n) is 3.84. The van der Waals surface area contributed by atoms with Gasteiger partial charge in [-0.3, -0.25) is 4.98 Å². The van der Waals surface area contributed by atoms with Crippen molar-refractivity contribution < 1.29 is 5.11 Å². The van der Waals surface area contributed by atoms with Crippen molar-refractivity contribution in [3.63, 3.8) is 0 Å². The third kappa shape index (κ3) is 2.54. The SMILES string of the molecule is Cc1cc2nc(-c3ccncc3)n(CCCO)c2cc1C. The Hall–Kier alpha value is -2.20. The van der Waals surface area contributed by atoms with Crippen molar-refractivity contribution >= 4 is 11.0 Å². The van der Waals surface area contributed by atoms with Crippen LogP contribution in [-0.2, 0) is 6.54 Å². The molecule has 0 unspecified atom stereocenters. The van der Waals surface area contributed by atoms with E-state index in [1.807, 2.05) is 12.1 Å². The number of hydrogen-bond donors (Lipinski definition) is 1. The van der Waals surface area contributed by atoms with Crippen LogP contribution in [0.25, 0.3) is 22.4 Å². The van der Waals surface area contributed by atoms with E-state index in [-0.39, 0.29) is 6.61 Å². The van der Waals surface area contributed by atoms with Gasteiger partial charge in [-0.1, -0.05) is 0 Å². The van der Waals surface area contributed by atoms with Gasteiger partial charge in [-0.25, -0.2) is 4.98 Å². The molecule has 4 nitrogen and oxygen atoms in total. The number of nitrogens with zero attached hydrogens (tertiary/aromatic N) is 3. The van der Waals surface area contributed by atoms with Crippen LogP contribution in [0.5, 0.6) is 0 Å². The third-order valence-corrected chi connectivity index (χ3v) is 3.84. The fourth-order valence-corrected chi connectivity index (χ4v) is 2.56. The summed E-state index contributed by atoms with van der Waals surface area (Å²) in [5, 5.41) is 9.15.